The topological polar surface area (TPSA) is 33.4 Å². The van der Waals surface area contributed by atoms with E-state index in [1.165, 1.54) is 6.42 Å². The number of aryl methyl sites for hydroxylation is 1. The van der Waals surface area contributed by atoms with E-state index < -0.39 is 5.60 Å². The van der Waals surface area contributed by atoms with E-state index in [1.807, 2.05) is 31.2 Å². The number of aliphatic hydroxyl groups is 1. The minimum atomic E-state index is -0.761. The molecule has 2 heteroatoms. The molecule has 1 N–H and O–H groups in total. The van der Waals surface area contributed by atoms with Crippen LogP contribution in [0.15, 0.2) is 28.7 Å². The Balaban J connectivity index is 2.06. The maximum absolute atomic E-state index is 10.8. The third-order valence-electron chi connectivity index (χ3n) is 4.17. The van der Waals surface area contributed by atoms with Gasteiger partial charge in [0.2, 0.25) is 0 Å². The average molecular weight is 244 g/mol. The van der Waals surface area contributed by atoms with Gasteiger partial charge in [0.25, 0.3) is 0 Å². The summed E-state index contributed by atoms with van der Waals surface area (Å²) in [6.07, 6.45) is 3.91. The third-order valence-corrected chi connectivity index (χ3v) is 4.17. The lowest BCUT2D eigenvalue weighted by Crippen LogP contribution is -2.31. The van der Waals surface area contributed by atoms with E-state index in [2.05, 4.69) is 6.92 Å². The second-order valence-corrected chi connectivity index (χ2v) is 5.84. The van der Waals surface area contributed by atoms with E-state index in [9.17, 15) is 5.11 Å². The highest BCUT2D eigenvalue weighted by Gasteiger charge is 2.37. The highest BCUT2D eigenvalue weighted by molar-refractivity contribution is 5.81. The lowest BCUT2D eigenvalue weighted by Gasteiger charge is -2.33. The number of furan rings is 1. The van der Waals surface area contributed by atoms with Crippen LogP contribution in [0.1, 0.15) is 43.9 Å². The van der Waals surface area contributed by atoms with Gasteiger partial charge in [-0.05, 0) is 43.7 Å². The number of hydrogen-bond donors (Lipinski definition) is 1. The summed E-state index contributed by atoms with van der Waals surface area (Å²) < 4.78 is 5.94. The first-order chi connectivity index (χ1) is 8.58. The van der Waals surface area contributed by atoms with Crippen LogP contribution >= 0.6 is 0 Å². The van der Waals surface area contributed by atoms with Gasteiger partial charge in [-0.1, -0.05) is 31.5 Å². The molecule has 0 aliphatic heterocycles. The first-order valence-electron chi connectivity index (χ1n) is 6.80. The molecule has 2 nitrogen and oxygen atoms in total. The minimum absolute atomic E-state index is 0.568. The summed E-state index contributed by atoms with van der Waals surface area (Å²) in [5.41, 5.74) is 1.29. The highest BCUT2D eigenvalue weighted by atomic mass is 16.4. The van der Waals surface area contributed by atoms with Crippen LogP contribution in [0, 0.1) is 12.8 Å². The van der Waals surface area contributed by atoms with Crippen LogP contribution in [0.5, 0.6) is 0 Å². The Labute approximate surface area is 108 Å². The Hall–Kier alpha value is -1.28. The lowest BCUT2D eigenvalue weighted by molar-refractivity contribution is -0.0345. The Bertz CT molecular complexity index is 569. The molecular weight excluding hydrogens is 224 g/mol. The van der Waals surface area contributed by atoms with Gasteiger partial charge in [0.1, 0.15) is 16.9 Å². The summed E-state index contributed by atoms with van der Waals surface area (Å²) in [5, 5.41) is 11.9. The van der Waals surface area contributed by atoms with Crippen LogP contribution in [-0.2, 0) is 5.60 Å². The van der Waals surface area contributed by atoms with Crippen molar-refractivity contribution in [3.63, 3.8) is 0 Å². The Morgan fingerprint density at radius 3 is 2.94 bits per heavy atom. The summed E-state index contributed by atoms with van der Waals surface area (Å²) in [7, 11) is 0. The lowest BCUT2D eigenvalue weighted by atomic mass is 9.77. The Kier molecular flexibility index (Phi) is 2.70. The van der Waals surface area contributed by atoms with Gasteiger partial charge in [0.15, 0.2) is 0 Å². The molecule has 0 amide bonds. The Morgan fingerprint density at radius 2 is 2.22 bits per heavy atom. The quantitative estimate of drug-likeness (QED) is 0.818. The molecule has 1 aliphatic carbocycles. The summed E-state index contributed by atoms with van der Waals surface area (Å²) >= 11 is 0. The molecule has 0 bridgehead atoms. The molecule has 1 aromatic heterocycles. The maximum atomic E-state index is 10.8. The zero-order chi connectivity index (χ0) is 12.8. The summed E-state index contributed by atoms with van der Waals surface area (Å²) in [5.74, 6) is 1.32. The van der Waals surface area contributed by atoms with Crippen molar-refractivity contribution in [1.29, 1.82) is 0 Å². The van der Waals surface area contributed by atoms with Crippen molar-refractivity contribution < 1.29 is 9.52 Å². The van der Waals surface area contributed by atoms with Crippen LogP contribution in [0.2, 0.25) is 0 Å². The molecule has 18 heavy (non-hydrogen) atoms. The van der Waals surface area contributed by atoms with Gasteiger partial charge < -0.3 is 9.52 Å². The molecule has 2 unspecified atom stereocenters. The smallest absolute Gasteiger partial charge is 0.137 e. The van der Waals surface area contributed by atoms with Gasteiger partial charge in [0.05, 0.1) is 0 Å². The molecule has 3 rings (SSSR count). The fourth-order valence-electron chi connectivity index (χ4n) is 3.19. The van der Waals surface area contributed by atoms with Crippen LogP contribution < -0.4 is 0 Å². The average Bonchev–Trinajstić information content (AvgIpc) is 2.75. The van der Waals surface area contributed by atoms with Gasteiger partial charge in [-0.2, -0.15) is 0 Å². The van der Waals surface area contributed by atoms with Crippen molar-refractivity contribution in [3.8, 4) is 0 Å². The maximum Gasteiger partial charge on any atom is 0.137 e. The molecule has 2 aromatic rings. The van der Waals surface area contributed by atoms with E-state index in [0.717, 1.165) is 41.6 Å². The van der Waals surface area contributed by atoms with Crippen LogP contribution in [0.3, 0.4) is 0 Å². The minimum Gasteiger partial charge on any atom is -0.458 e. The monoisotopic (exact) mass is 244 g/mol. The van der Waals surface area contributed by atoms with Gasteiger partial charge in [-0.15, -0.1) is 0 Å². The van der Waals surface area contributed by atoms with Crippen molar-refractivity contribution in [1.82, 2.24) is 0 Å². The van der Waals surface area contributed by atoms with E-state index in [-0.39, 0.29) is 0 Å². The van der Waals surface area contributed by atoms with Crippen LogP contribution in [0.25, 0.3) is 11.0 Å². The molecule has 0 saturated heterocycles. The molecule has 1 fully saturated rings. The standard InChI is InChI=1S/C16H20O2/c1-11-5-4-8-16(17,10-11)14-9-13-7-3-6-12(2)15(13)18-14/h3,6-7,9,11,17H,4-5,8,10H2,1-2H3. The van der Waals surface area contributed by atoms with Crippen molar-refractivity contribution in [2.45, 2.75) is 45.1 Å². The molecule has 1 aromatic carbocycles. The normalized spacial score (nSPS) is 28.7. The van der Waals surface area contributed by atoms with Gasteiger partial charge >= 0.3 is 0 Å². The van der Waals surface area contributed by atoms with E-state index in [4.69, 9.17) is 4.42 Å². The van der Waals surface area contributed by atoms with Crippen molar-refractivity contribution in [2.75, 3.05) is 0 Å². The number of benzene rings is 1. The van der Waals surface area contributed by atoms with Crippen molar-refractivity contribution >= 4 is 11.0 Å². The highest BCUT2D eigenvalue weighted by Crippen LogP contribution is 2.41. The number of para-hydroxylation sites is 1. The Morgan fingerprint density at radius 1 is 1.39 bits per heavy atom. The zero-order valence-electron chi connectivity index (χ0n) is 11.1. The fraction of sp³-hybridized carbons (Fsp3) is 0.500. The summed E-state index contributed by atoms with van der Waals surface area (Å²) in [4.78, 5) is 0. The number of rotatable bonds is 1. The van der Waals surface area contributed by atoms with E-state index in [0.29, 0.717) is 5.92 Å². The van der Waals surface area contributed by atoms with Gasteiger partial charge in [-0.25, -0.2) is 0 Å². The second-order valence-electron chi connectivity index (χ2n) is 5.84. The SMILES string of the molecule is Cc1cccc2cc(C3(O)CCCC(C)C3)oc12. The van der Waals surface area contributed by atoms with Crippen LogP contribution in [-0.4, -0.2) is 5.11 Å². The molecule has 96 valence electrons. The first kappa shape index (κ1) is 11.8. The molecule has 1 saturated carbocycles. The van der Waals surface area contributed by atoms with Gasteiger partial charge in [0, 0.05) is 5.39 Å². The molecule has 0 radical (unpaired) electrons. The molecule has 1 aliphatic rings. The first-order valence-corrected chi connectivity index (χ1v) is 6.80. The predicted octanol–water partition coefficient (Wildman–Crippen LogP) is 4.14. The predicted molar refractivity (Wildman–Crippen MR) is 72.5 cm³/mol. The van der Waals surface area contributed by atoms with Crippen molar-refractivity contribution in [3.05, 3.63) is 35.6 Å². The largest absolute Gasteiger partial charge is 0.458 e. The van der Waals surface area contributed by atoms with Crippen LogP contribution in [0.4, 0.5) is 0 Å². The van der Waals surface area contributed by atoms with E-state index in [1.54, 1.807) is 0 Å². The molecule has 1 heterocycles. The summed E-state index contributed by atoms with van der Waals surface area (Å²) in [6, 6.07) is 8.14. The summed E-state index contributed by atoms with van der Waals surface area (Å²) in [6.45, 7) is 4.25. The fourth-order valence-corrected chi connectivity index (χ4v) is 3.19. The van der Waals surface area contributed by atoms with Gasteiger partial charge in [-0.3, -0.25) is 0 Å². The zero-order valence-corrected chi connectivity index (χ0v) is 11.1. The second kappa shape index (κ2) is 4.13. The number of fused-ring (bicyclic) bond motifs is 1. The van der Waals surface area contributed by atoms with Crippen molar-refractivity contribution in [2.24, 2.45) is 5.92 Å². The number of hydrogen-bond acceptors (Lipinski definition) is 2. The van der Waals surface area contributed by atoms with E-state index >= 15 is 0 Å². The molecule has 0 spiro atoms. The third kappa shape index (κ3) is 1.85. The molecular formula is C16H20O2. The molecule has 2 atom stereocenters.